The lowest BCUT2D eigenvalue weighted by Crippen LogP contribution is -2.70. The number of carbonyl (C=O) groups excluding carboxylic acids is 1. The summed E-state index contributed by atoms with van der Waals surface area (Å²) in [6, 6.07) is 3.00. The molecule has 1 aliphatic heterocycles. The summed E-state index contributed by atoms with van der Waals surface area (Å²) in [4.78, 5) is 11.4. The predicted molar refractivity (Wildman–Crippen MR) is 65.4 cm³/mol. The monoisotopic (exact) mass is 452 g/mol. The second kappa shape index (κ2) is 6.14. The SMILES string of the molecule is O=C1OC(C(F)(F)C(F)(F)C(F)(F)C(F)(F)C(F)(F)C(F)(F)F)c2ccccc21. The highest BCUT2D eigenvalue weighted by Crippen LogP contribution is 2.62. The second-order valence-electron chi connectivity index (χ2n) is 5.79. The zero-order valence-electron chi connectivity index (χ0n) is 13.1. The smallest absolute Gasteiger partial charge is 0.447 e. The number of alkyl halides is 13. The molecule has 0 spiro atoms. The molecular weight excluding hydrogens is 447 g/mol. The Morgan fingerprint density at radius 2 is 1.10 bits per heavy atom. The fraction of sp³-hybridized carbons (Fsp3) is 0.500. The molecule has 0 aromatic heterocycles. The molecule has 0 radical (unpaired) electrons. The highest BCUT2D eigenvalue weighted by atomic mass is 19.4. The van der Waals surface area contributed by atoms with E-state index >= 15 is 0 Å². The quantitative estimate of drug-likeness (QED) is 0.427. The molecule has 0 amide bonds. The van der Waals surface area contributed by atoms with Crippen molar-refractivity contribution in [3.63, 3.8) is 0 Å². The maximum Gasteiger partial charge on any atom is 0.460 e. The molecule has 2 rings (SSSR count). The van der Waals surface area contributed by atoms with Gasteiger partial charge in [-0.05, 0) is 6.07 Å². The molecule has 0 bridgehead atoms. The van der Waals surface area contributed by atoms with Crippen LogP contribution in [0.4, 0.5) is 57.1 Å². The van der Waals surface area contributed by atoms with E-state index in [-0.39, 0.29) is 0 Å². The maximum absolute atomic E-state index is 14.1. The molecule has 1 aliphatic rings. The molecule has 1 unspecified atom stereocenters. The number of ether oxygens (including phenoxy) is 1. The average Bonchev–Trinajstić information content (AvgIpc) is 2.91. The number of esters is 1. The van der Waals surface area contributed by atoms with Crippen LogP contribution in [0.15, 0.2) is 24.3 Å². The predicted octanol–water partition coefficient (Wildman–Crippen LogP) is 5.64. The van der Waals surface area contributed by atoms with Gasteiger partial charge in [0.05, 0.1) is 5.56 Å². The van der Waals surface area contributed by atoms with Crippen LogP contribution < -0.4 is 0 Å². The zero-order valence-corrected chi connectivity index (χ0v) is 13.1. The van der Waals surface area contributed by atoms with E-state index in [0.29, 0.717) is 12.1 Å². The normalized spacial score (nSPS) is 19.2. The molecule has 1 aromatic rings. The van der Waals surface area contributed by atoms with Crippen LogP contribution in [0.3, 0.4) is 0 Å². The number of benzene rings is 1. The van der Waals surface area contributed by atoms with E-state index in [9.17, 15) is 61.9 Å². The van der Waals surface area contributed by atoms with Gasteiger partial charge in [0.2, 0.25) is 0 Å². The van der Waals surface area contributed by atoms with Gasteiger partial charge in [-0.15, -0.1) is 0 Å². The van der Waals surface area contributed by atoms with Crippen molar-refractivity contribution in [1.82, 2.24) is 0 Å². The average molecular weight is 452 g/mol. The van der Waals surface area contributed by atoms with Crippen molar-refractivity contribution in [2.75, 3.05) is 0 Å². The van der Waals surface area contributed by atoms with Crippen molar-refractivity contribution in [1.29, 1.82) is 0 Å². The summed E-state index contributed by atoms with van der Waals surface area (Å²) in [6.07, 6.45) is -11.2. The minimum atomic E-state index is -8.01. The second-order valence-corrected chi connectivity index (χ2v) is 5.79. The first-order chi connectivity index (χ1) is 12.7. The number of hydrogen-bond acceptors (Lipinski definition) is 2. The maximum atomic E-state index is 14.1. The Bertz CT molecular complexity index is 812. The topological polar surface area (TPSA) is 26.3 Å². The fourth-order valence-corrected chi connectivity index (χ4v) is 2.36. The molecule has 1 atom stereocenters. The van der Waals surface area contributed by atoms with Gasteiger partial charge in [-0.1, -0.05) is 18.2 Å². The van der Waals surface area contributed by atoms with Gasteiger partial charge in [0.15, 0.2) is 6.10 Å². The minimum Gasteiger partial charge on any atom is -0.447 e. The van der Waals surface area contributed by atoms with E-state index in [4.69, 9.17) is 0 Å². The molecule has 0 aliphatic carbocycles. The molecule has 0 saturated heterocycles. The Labute approximate surface area is 151 Å². The molecule has 29 heavy (non-hydrogen) atoms. The van der Waals surface area contributed by atoms with Gasteiger partial charge in [0.1, 0.15) is 0 Å². The van der Waals surface area contributed by atoms with E-state index in [1.54, 1.807) is 0 Å². The van der Waals surface area contributed by atoms with Crippen LogP contribution in [-0.4, -0.2) is 41.8 Å². The van der Waals surface area contributed by atoms with Crippen molar-refractivity contribution in [3.05, 3.63) is 35.4 Å². The first-order valence-electron chi connectivity index (χ1n) is 7.01. The first-order valence-corrected chi connectivity index (χ1v) is 7.01. The van der Waals surface area contributed by atoms with Crippen LogP contribution in [0.2, 0.25) is 0 Å². The fourth-order valence-electron chi connectivity index (χ4n) is 2.36. The van der Waals surface area contributed by atoms with Gasteiger partial charge < -0.3 is 4.74 Å². The number of halogens is 13. The number of carbonyl (C=O) groups is 1. The largest absolute Gasteiger partial charge is 0.460 e. The third kappa shape index (κ3) is 2.83. The minimum absolute atomic E-state index is 0.482. The van der Waals surface area contributed by atoms with Gasteiger partial charge in [0.25, 0.3) is 0 Å². The van der Waals surface area contributed by atoms with Gasteiger partial charge in [-0.25, -0.2) is 4.79 Å². The van der Waals surface area contributed by atoms with Crippen molar-refractivity contribution < 1.29 is 66.6 Å². The summed E-state index contributed by atoms with van der Waals surface area (Å²) in [5, 5.41) is 0. The molecule has 0 fully saturated rings. The summed E-state index contributed by atoms with van der Waals surface area (Å²) in [6.45, 7) is 0. The molecule has 1 heterocycles. The van der Waals surface area contributed by atoms with Crippen LogP contribution in [0.1, 0.15) is 22.0 Å². The number of rotatable bonds is 5. The summed E-state index contributed by atoms with van der Waals surface area (Å²) in [7, 11) is 0. The lowest BCUT2D eigenvalue weighted by molar-refractivity contribution is -0.444. The van der Waals surface area contributed by atoms with Gasteiger partial charge in [-0.3, -0.25) is 0 Å². The standard InChI is InChI=1S/C14H5F13O2/c15-9(16,7-5-3-1-2-4-6(5)8(28)29-7)10(17,18)11(19,20)12(21,22)13(23,24)14(25,26)27/h1-4,7H. The van der Waals surface area contributed by atoms with Crippen molar-refractivity contribution >= 4 is 5.97 Å². The highest BCUT2D eigenvalue weighted by Gasteiger charge is 2.91. The van der Waals surface area contributed by atoms with E-state index in [1.807, 2.05) is 0 Å². The van der Waals surface area contributed by atoms with Gasteiger partial charge in [0, 0.05) is 5.56 Å². The highest BCUT2D eigenvalue weighted by molar-refractivity contribution is 5.94. The van der Waals surface area contributed by atoms with Crippen LogP contribution in [0.5, 0.6) is 0 Å². The summed E-state index contributed by atoms with van der Waals surface area (Å²) in [5.41, 5.74) is -2.05. The lowest BCUT2D eigenvalue weighted by atomic mass is 9.89. The zero-order chi connectivity index (χ0) is 22.8. The molecule has 0 N–H and O–H groups in total. The van der Waals surface area contributed by atoms with Crippen molar-refractivity contribution in [2.45, 2.75) is 41.9 Å². The van der Waals surface area contributed by atoms with E-state index in [1.165, 1.54) is 0 Å². The molecular formula is C14H5F13O2. The Hall–Kier alpha value is -2.22. The lowest BCUT2D eigenvalue weighted by Gasteiger charge is -2.40. The Balaban J connectivity index is 2.59. The number of fused-ring (bicyclic) bond motifs is 1. The third-order valence-corrected chi connectivity index (χ3v) is 3.98. The van der Waals surface area contributed by atoms with E-state index in [2.05, 4.69) is 4.74 Å². The van der Waals surface area contributed by atoms with Gasteiger partial charge in [-0.2, -0.15) is 57.1 Å². The van der Waals surface area contributed by atoms with Crippen LogP contribution in [-0.2, 0) is 4.74 Å². The number of hydrogen-bond donors (Lipinski definition) is 0. The molecule has 2 nitrogen and oxygen atoms in total. The summed E-state index contributed by atoms with van der Waals surface area (Å²) in [5.74, 6) is -39.6. The summed E-state index contributed by atoms with van der Waals surface area (Å²) >= 11 is 0. The van der Waals surface area contributed by atoms with Crippen LogP contribution >= 0.6 is 0 Å². The number of cyclic esters (lactones) is 1. The Kier molecular flexibility index (Phi) is 4.88. The van der Waals surface area contributed by atoms with E-state index < -0.39 is 59.0 Å². The van der Waals surface area contributed by atoms with E-state index in [0.717, 1.165) is 12.1 Å². The van der Waals surface area contributed by atoms with Gasteiger partial charge >= 0.3 is 41.8 Å². The van der Waals surface area contributed by atoms with Crippen LogP contribution in [0.25, 0.3) is 0 Å². The van der Waals surface area contributed by atoms with Crippen molar-refractivity contribution in [3.8, 4) is 0 Å². The molecule has 0 saturated carbocycles. The first kappa shape index (κ1) is 23.1. The molecule has 1 aromatic carbocycles. The van der Waals surface area contributed by atoms with Crippen molar-refractivity contribution in [2.24, 2.45) is 0 Å². The summed E-state index contributed by atoms with van der Waals surface area (Å²) < 4.78 is 175. The molecule has 15 heteroatoms. The van der Waals surface area contributed by atoms with Crippen LogP contribution in [0, 0.1) is 0 Å². The molecule has 164 valence electrons. The Morgan fingerprint density at radius 1 is 0.655 bits per heavy atom. The Morgan fingerprint density at radius 3 is 1.59 bits per heavy atom. The third-order valence-electron chi connectivity index (χ3n) is 3.98.